The van der Waals surface area contributed by atoms with Crippen LogP contribution in [0.3, 0.4) is 0 Å². The first-order valence-electron chi connectivity index (χ1n) is 13.0. The van der Waals surface area contributed by atoms with Crippen molar-refractivity contribution in [3.05, 3.63) is 23.8 Å². The third-order valence-electron chi connectivity index (χ3n) is 7.76. The normalized spacial score (nSPS) is 27.5. The topological polar surface area (TPSA) is 71.1 Å². The molecule has 0 aromatic heterocycles. The third-order valence-corrected chi connectivity index (χ3v) is 7.76. The Labute approximate surface area is 204 Å². The molecule has 0 spiro atoms. The van der Waals surface area contributed by atoms with Crippen LogP contribution in [-0.2, 0) is 9.53 Å². The Morgan fingerprint density at radius 1 is 1.15 bits per heavy atom. The Morgan fingerprint density at radius 3 is 2.56 bits per heavy atom. The summed E-state index contributed by atoms with van der Waals surface area (Å²) in [6.07, 6.45) is 6.68. The van der Waals surface area contributed by atoms with Gasteiger partial charge in [-0.05, 0) is 56.6 Å². The molecule has 1 aliphatic heterocycles. The zero-order valence-electron chi connectivity index (χ0n) is 21.2. The standard InChI is InChI=1S/C27H41N3O4/c1-18-14-30(15-20-9-10-20)19(2)17-34-24-13-22(28-26(31)21-7-5-6-8-21)11-12-23(24)27(32)29(3)16-25(18)33-4/h11-13,18-21,25H,5-10,14-17H2,1-4H3,(H,28,31)/t18-,19+,25+/m0/s1. The number of methoxy groups -OCH3 is 1. The van der Waals surface area contributed by atoms with Gasteiger partial charge in [-0.15, -0.1) is 0 Å². The molecule has 7 heteroatoms. The van der Waals surface area contributed by atoms with E-state index in [4.69, 9.17) is 9.47 Å². The van der Waals surface area contributed by atoms with Gasteiger partial charge in [-0.2, -0.15) is 0 Å². The molecule has 0 bridgehead atoms. The van der Waals surface area contributed by atoms with E-state index in [1.165, 1.54) is 12.8 Å². The Bertz CT molecular complexity index is 865. The van der Waals surface area contributed by atoms with Crippen molar-refractivity contribution in [1.29, 1.82) is 0 Å². The van der Waals surface area contributed by atoms with E-state index < -0.39 is 0 Å². The number of nitrogens with one attached hydrogen (secondary N) is 1. The lowest BCUT2D eigenvalue weighted by molar-refractivity contribution is -0.119. The number of likely N-dealkylation sites (N-methyl/N-ethyl adjacent to an activating group) is 1. The van der Waals surface area contributed by atoms with Crippen molar-refractivity contribution in [3.63, 3.8) is 0 Å². The lowest BCUT2D eigenvalue weighted by Crippen LogP contribution is -2.47. The highest BCUT2D eigenvalue weighted by Crippen LogP contribution is 2.32. The second-order valence-electron chi connectivity index (χ2n) is 10.7. The summed E-state index contributed by atoms with van der Waals surface area (Å²) in [5.74, 6) is 1.64. The summed E-state index contributed by atoms with van der Waals surface area (Å²) < 4.78 is 12.1. The van der Waals surface area contributed by atoms with Crippen LogP contribution in [0.4, 0.5) is 5.69 Å². The molecule has 0 saturated heterocycles. The lowest BCUT2D eigenvalue weighted by atomic mass is 10.0. The molecule has 3 atom stereocenters. The highest BCUT2D eigenvalue weighted by atomic mass is 16.5. The zero-order valence-corrected chi connectivity index (χ0v) is 21.2. The van der Waals surface area contributed by atoms with E-state index >= 15 is 0 Å². The molecule has 2 fully saturated rings. The molecule has 2 aliphatic carbocycles. The minimum atomic E-state index is -0.0963. The number of anilines is 1. The van der Waals surface area contributed by atoms with Gasteiger partial charge in [0, 0.05) is 57.5 Å². The number of amides is 2. The number of nitrogens with zero attached hydrogens (tertiary/aromatic N) is 2. The van der Waals surface area contributed by atoms with Crippen molar-refractivity contribution >= 4 is 17.5 Å². The number of hydrogen-bond donors (Lipinski definition) is 1. The van der Waals surface area contributed by atoms with Crippen LogP contribution in [0, 0.1) is 17.8 Å². The summed E-state index contributed by atoms with van der Waals surface area (Å²) in [4.78, 5) is 30.3. The van der Waals surface area contributed by atoms with Gasteiger partial charge in [-0.1, -0.05) is 19.8 Å². The van der Waals surface area contributed by atoms with Crippen LogP contribution in [0.25, 0.3) is 0 Å². The largest absolute Gasteiger partial charge is 0.491 e. The van der Waals surface area contributed by atoms with Crippen molar-refractivity contribution in [2.45, 2.75) is 64.5 Å². The van der Waals surface area contributed by atoms with Gasteiger partial charge in [0.05, 0.1) is 11.7 Å². The maximum atomic E-state index is 13.4. The Morgan fingerprint density at radius 2 is 1.88 bits per heavy atom. The summed E-state index contributed by atoms with van der Waals surface area (Å²) >= 11 is 0. The van der Waals surface area contributed by atoms with Gasteiger partial charge in [0.15, 0.2) is 0 Å². The maximum absolute atomic E-state index is 13.4. The van der Waals surface area contributed by atoms with Crippen molar-refractivity contribution in [2.75, 3.05) is 45.7 Å². The van der Waals surface area contributed by atoms with Crippen LogP contribution >= 0.6 is 0 Å². The number of rotatable bonds is 5. The molecule has 0 radical (unpaired) electrons. The van der Waals surface area contributed by atoms with Gasteiger partial charge in [-0.25, -0.2) is 0 Å². The molecule has 188 valence electrons. The molecule has 34 heavy (non-hydrogen) atoms. The molecule has 4 rings (SSSR count). The summed E-state index contributed by atoms with van der Waals surface area (Å²) in [7, 11) is 3.55. The molecule has 7 nitrogen and oxygen atoms in total. The number of benzene rings is 1. The second-order valence-corrected chi connectivity index (χ2v) is 10.7. The van der Waals surface area contributed by atoms with E-state index in [0.717, 1.165) is 44.7 Å². The number of carbonyl (C=O) groups is 2. The minimum absolute atomic E-state index is 0.0448. The Hall–Kier alpha value is -2.12. The molecule has 1 N–H and O–H groups in total. The van der Waals surface area contributed by atoms with E-state index in [9.17, 15) is 9.59 Å². The molecular weight excluding hydrogens is 430 g/mol. The molecule has 2 saturated carbocycles. The first-order chi connectivity index (χ1) is 16.4. The maximum Gasteiger partial charge on any atom is 0.257 e. The van der Waals surface area contributed by atoms with Gasteiger partial charge < -0.3 is 19.7 Å². The number of carbonyl (C=O) groups excluding carboxylic acids is 2. The van der Waals surface area contributed by atoms with Gasteiger partial charge >= 0.3 is 0 Å². The number of ether oxygens (including phenoxy) is 2. The van der Waals surface area contributed by atoms with Gasteiger partial charge in [0.25, 0.3) is 5.91 Å². The Kier molecular flexibility index (Phi) is 8.14. The predicted molar refractivity (Wildman–Crippen MR) is 133 cm³/mol. The SMILES string of the molecule is CO[C@@H]1CN(C)C(=O)c2ccc(NC(=O)C3CCCC3)cc2OC[C@@H](C)N(CC2CC2)C[C@@H]1C. The van der Waals surface area contributed by atoms with Gasteiger partial charge in [-0.3, -0.25) is 14.5 Å². The van der Waals surface area contributed by atoms with Crippen LogP contribution in [0.15, 0.2) is 18.2 Å². The summed E-state index contributed by atoms with van der Waals surface area (Å²) in [5, 5.41) is 3.05. The quantitative estimate of drug-likeness (QED) is 0.702. The van der Waals surface area contributed by atoms with Crippen molar-refractivity contribution < 1.29 is 19.1 Å². The average molecular weight is 472 g/mol. The molecule has 1 aromatic carbocycles. The highest BCUT2D eigenvalue weighted by molar-refractivity contribution is 5.98. The second kappa shape index (κ2) is 11.1. The monoisotopic (exact) mass is 471 g/mol. The van der Waals surface area contributed by atoms with E-state index in [0.29, 0.717) is 30.2 Å². The summed E-state index contributed by atoms with van der Waals surface area (Å²) in [6.45, 7) is 7.39. The van der Waals surface area contributed by atoms with Crippen LogP contribution in [0.1, 0.15) is 62.7 Å². The number of hydrogen-bond acceptors (Lipinski definition) is 5. The first-order valence-corrected chi connectivity index (χ1v) is 13.0. The van der Waals surface area contributed by atoms with Gasteiger partial charge in [0.1, 0.15) is 12.4 Å². The number of fused-ring (bicyclic) bond motifs is 1. The fraction of sp³-hybridized carbons (Fsp3) is 0.704. The van der Waals surface area contributed by atoms with Crippen molar-refractivity contribution in [3.8, 4) is 5.75 Å². The third kappa shape index (κ3) is 6.11. The molecule has 1 heterocycles. The van der Waals surface area contributed by atoms with E-state index in [1.54, 1.807) is 18.1 Å². The zero-order chi connectivity index (χ0) is 24.2. The Balaban J connectivity index is 1.58. The first kappa shape index (κ1) is 25.0. The average Bonchev–Trinajstić information content (AvgIpc) is 3.47. The van der Waals surface area contributed by atoms with Crippen molar-refractivity contribution in [1.82, 2.24) is 9.80 Å². The van der Waals surface area contributed by atoms with Crippen LogP contribution in [-0.4, -0.2) is 74.2 Å². The van der Waals surface area contributed by atoms with Crippen LogP contribution in [0.5, 0.6) is 5.75 Å². The molecule has 2 amide bonds. The predicted octanol–water partition coefficient (Wildman–Crippen LogP) is 4.03. The van der Waals surface area contributed by atoms with E-state index in [1.807, 2.05) is 19.2 Å². The highest BCUT2D eigenvalue weighted by Gasteiger charge is 2.32. The fourth-order valence-corrected chi connectivity index (χ4v) is 5.24. The minimum Gasteiger partial charge on any atom is -0.491 e. The molecular formula is C27H41N3O4. The molecule has 1 aromatic rings. The summed E-state index contributed by atoms with van der Waals surface area (Å²) in [6, 6.07) is 5.61. The lowest BCUT2D eigenvalue weighted by Gasteiger charge is -2.36. The summed E-state index contributed by atoms with van der Waals surface area (Å²) in [5.41, 5.74) is 1.20. The van der Waals surface area contributed by atoms with E-state index in [2.05, 4.69) is 24.1 Å². The van der Waals surface area contributed by atoms with E-state index in [-0.39, 0.29) is 35.8 Å². The molecule has 0 unspecified atom stereocenters. The van der Waals surface area contributed by atoms with Gasteiger partial charge in [0.2, 0.25) is 5.91 Å². The van der Waals surface area contributed by atoms with Crippen LogP contribution in [0.2, 0.25) is 0 Å². The van der Waals surface area contributed by atoms with Crippen LogP contribution < -0.4 is 10.1 Å². The van der Waals surface area contributed by atoms with Crippen molar-refractivity contribution in [2.24, 2.45) is 17.8 Å². The smallest absolute Gasteiger partial charge is 0.257 e. The fourth-order valence-electron chi connectivity index (χ4n) is 5.24. The molecule has 3 aliphatic rings.